The van der Waals surface area contributed by atoms with Crippen LogP contribution in [0.2, 0.25) is 5.02 Å². The highest BCUT2D eigenvalue weighted by atomic mass is 35.5. The van der Waals surface area contributed by atoms with Crippen molar-refractivity contribution in [2.45, 2.75) is 4.90 Å². The van der Waals surface area contributed by atoms with Crippen LogP contribution in [0.4, 0.5) is 0 Å². The molecule has 0 saturated heterocycles. The van der Waals surface area contributed by atoms with Gasteiger partial charge < -0.3 is 9.84 Å². The third-order valence-electron chi connectivity index (χ3n) is 3.73. The summed E-state index contributed by atoms with van der Waals surface area (Å²) in [5.41, 5.74) is 0.406. The van der Waals surface area contributed by atoms with Crippen molar-refractivity contribution in [3.05, 3.63) is 65.2 Å². The number of hydrazone groups is 1. The number of hydrogen-bond donors (Lipinski definition) is 2. The van der Waals surface area contributed by atoms with Gasteiger partial charge in [0, 0.05) is 10.6 Å². The third-order valence-corrected chi connectivity index (χ3v) is 5.21. The fourth-order valence-electron chi connectivity index (χ4n) is 2.49. The number of halogens is 1. The number of ether oxygens (including phenoxy) is 1. The monoisotopic (exact) mass is 390 g/mol. The largest absolute Gasteiger partial charge is 0.507 e. The van der Waals surface area contributed by atoms with Gasteiger partial charge in [0.15, 0.2) is 0 Å². The van der Waals surface area contributed by atoms with Crippen molar-refractivity contribution >= 4 is 38.6 Å². The first-order chi connectivity index (χ1) is 12.4. The van der Waals surface area contributed by atoms with Crippen LogP contribution in [0, 0.1) is 0 Å². The van der Waals surface area contributed by atoms with Gasteiger partial charge in [-0.05, 0) is 35.0 Å². The first-order valence-electron chi connectivity index (χ1n) is 7.51. The summed E-state index contributed by atoms with van der Waals surface area (Å²) in [5.74, 6) is 0.136. The minimum absolute atomic E-state index is 0.00742. The van der Waals surface area contributed by atoms with Crippen LogP contribution >= 0.6 is 11.6 Å². The number of phenols is 1. The summed E-state index contributed by atoms with van der Waals surface area (Å²) in [5, 5.41) is 15.7. The number of fused-ring (bicyclic) bond motifs is 1. The number of nitrogens with one attached hydrogen (secondary N) is 1. The Morgan fingerprint density at radius 1 is 1.15 bits per heavy atom. The second-order valence-electron chi connectivity index (χ2n) is 5.37. The van der Waals surface area contributed by atoms with Crippen molar-refractivity contribution in [3.63, 3.8) is 0 Å². The van der Waals surface area contributed by atoms with Gasteiger partial charge in [0.25, 0.3) is 10.0 Å². The van der Waals surface area contributed by atoms with E-state index in [2.05, 4.69) is 9.93 Å². The fourth-order valence-corrected chi connectivity index (χ4v) is 3.71. The van der Waals surface area contributed by atoms with E-state index in [0.29, 0.717) is 5.56 Å². The zero-order valence-electron chi connectivity index (χ0n) is 13.7. The molecule has 26 heavy (non-hydrogen) atoms. The maximum absolute atomic E-state index is 12.5. The highest BCUT2D eigenvalue weighted by molar-refractivity contribution is 7.89. The SMILES string of the molecule is COc1ccc(Cl)cc1S(=O)(=O)N/N=C/c1c(O)ccc2ccccc12. The smallest absolute Gasteiger partial charge is 0.280 e. The molecule has 0 aliphatic carbocycles. The molecular formula is C18H15ClN2O4S. The Labute approximate surface area is 155 Å². The standard InChI is InChI=1S/C18H15ClN2O4S/c1-25-17-9-7-13(19)10-18(17)26(23,24)21-20-11-15-14-5-3-2-4-12(14)6-8-16(15)22/h2-11,21-22H,1H3/b20-11+. The lowest BCUT2D eigenvalue weighted by Gasteiger charge is -2.09. The molecule has 0 saturated carbocycles. The number of nitrogens with zero attached hydrogens (tertiary/aromatic N) is 1. The highest BCUT2D eigenvalue weighted by Crippen LogP contribution is 2.27. The first-order valence-corrected chi connectivity index (χ1v) is 9.37. The van der Waals surface area contributed by atoms with Crippen LogP contribution in [0.15, 0.2) is 64.6 Å². The average Bonchev–Trinajstić information content (AvgIpc) is 2.63. The number of methoxy groups -OCH3 is 1. The van der Waals surface area contributed by atoms with Crippen molar-refractivity contribution in [1.29, 1.82) is 0 Å². The van der Waals surface area contributed by atoms with E-state index >= 15 is 0 Å². The molecule has 0 aliphatic rings. The maximum atomic E-state index is 12.5. The predicted octanol–water partition coefficient (Wildman–Crippen LogP) is 3.52. The van der Waals surface area contributed by atoms with Crippen LogP contribution in [-0.4, -0.2) is 26.8 Å². The van der Waals surface area contributed by atoms with Crippen LogP contribution < -0.4 is 9.57 Å². The second kappa shape index (κ2) is 7.23. The zero-order valence-corrected chi connectivity index (χ0v) is 15.3. The van der Waals surface area contributed by atoms with E-state index in [0.717, 1.165) is 10.8 Å². The van der Waals surface area contributed by atoms with E-state index < -0.39 is 10.0 Å². The van der Waals surface area contributed by atoms with Crippen molar-refractivity contribution in [2.75, 3.05) is 7.11 Å². The number of aromatic hydroxyl groups is 1. The van der Waals surface area contributed by atoms with E-state index in [9.17, 15) is 13.5 Å². The summed E-state index contributed by atoms with van der Waals surface area (Å²) in [6.07, 6.45) is 1.26. The molecule has 0 aromatic heterocycles. The van der Waals surface area contributed by atoms with Gasteiger partial charge in [0.2, 0.25) is 0 Å². The summed E-state index contributed by atoms with van der Waals surface area (Å²) < 4.78 is 30.0. The Kier molecular flexibility index (Phi) is 5.01. The number of phenolic OH excluding ortho intramolecular Hbond substituents is 1. The number of benzene rings is 3. The van der Waals surface area contributed by atoms with Crippen LogP contribution in [-0.2, 0) is 10.0 Å². The molecule has 6 nitrogen and oxygen atoms in total. The van der Waals surface area contributed by atoms with Gasteiger partial charge in [-0.1, -0.05) is 41.9 Å². The molecule has 0 aliphatic heterocycles. The second-order valence-corrected chi connectivity index (χ2v) is 7.43. The lowest BCUT2D eigenvalue weighted by Crippen LogP contribution is -2.19. The molecule has 0 atom stereocenters. The summed E-state index contributed by atoms with van der Waals surface area (Å²) >= 11 is 5.88. The van der Waals surface area contributed by atoms with Crippen molar-refractivity contribution in [3.8, 4) is 11.5 Å². The molecule has 0 amide bonds. The molecule has 3 aromatic rings. The van der Waals surface area contributed by atoms with Crippen molar-refractivity contribution in [1.82, 2.24) is 4.83 Å². The number of sulfonamides is 1. The topological polar surface area (TPSA) is 88.0 Å². The molecule has 8 heteroatoms. The van der Waals surface area contributed by atoms with E-state index in [-0.39, 0.29) is 21.4 Å². The van der Waals surface area contributed by atoms with E-state index in [1.165, 1.54) is 37.6 Å². The molecule has 0 heterocycles. The lowest BCUT2D eigenvalue weighted by atomic mass is 10.0. The van der Waals surface area contributed by atoms with Gasteiger partial charge in [-0.15, -0.1) is 0 Å². The highest BCUT2D eigenvalue weighted by Gasteiger charge is 2.19. The summed E-state index contributed by atoms with van der Waals surface area (Å²) in [6.45, 7) is 0. The molecular weight excluding hydrogens is 376 g/mol. The van der Waals surface area contributed by atoms with Crippen LogP contribution in [0.5, 0.6) is 11.5 Å². The first kappa shape index (κ1) is 18.0. The Morgan fingerprint density at radius 2 is 1.92 bits per heavy atom. The summed E-state index contributed by atoms with van der Waals surface area (Å²) in [7, 11) is -2.64. The fraction of sp³-hybridized carbons (Fsp3) is 0.0556. The quantitative estimate of drug-likeness (QED) is 0.515. The van der Waals surface area contributed by atoms with Crippen molar-refractivity contribution in [2.24, 2.45) is 5.10 Å². The molecule has 3 rings (SSSR count). The van der Waals surface area contributed by atoms with Gasteiger partial charge >= 0.3 is 0 Å². The number of hydrogen-bond acceptors (Lipinski definition) is 5. The molecule has 3 aromatic carbocycles. The molecule has 0 spiro atoms. The average molecular weight is 391 g/mol. The van der Waals surface area contributed by atoms with Crippen molar-refractivity contribution < 1.29 is 18.3 Å². The molecule has 0 unspecified atom stereocenters. The van der Waals surface area contributed by atoms with Gasteiger partial charge in [0.05, 0.1) is 13.3 Å². The zero-order chi connectivity index (χ0) is 18.7. The molecule has 0 radical (unpaired) electrons. The van der Waals surface area contributed by atoms with E-state index in [4.69, 9.17) is 16.3 Å². The van der Waals surface area contributed by atoms with Gasteiger partial charge in [-0.3, -0.25) is 0 Å². The molecule has 0 fully saturated rings. The Hall–Kier alpha value is -2.77. The van der Waals surface area contributed by atoms with Gasteiger partial charge in [0.1, 0.15) is 16.4 Å². The van der Waals surface area contributed by atoms with E-state index in [1.807, 2.05) is 24.3 Å². The Morgan fingerprint density at radius 3 is 2.69 bits per heavy atom. The van der Waals surface area contributed by atoms with Crippen LogP contribution in [0.25, 0.3) is 10.8 Å². The minimum Gasteiger partial charge on any atom is -0.507 e. The van der Waals surface area contributed by atoms with Crippen LogP contribution in [0.1, 0.15) is 5.56 Å². The minimum atomic E-state index is -4.00. The third kappa shape index (κ3) is 3.58. The van der Waals surface area contributed by atoms with Gasteiger partial charge in [-0.2, -0.15) is 18.4 Å². The Balaban J connectivity index is 1.94. The summed E-state index contributed by atoms with van der Waals surface area (Å²) in [4.78, 5) is 1.98. The molecule has 134 valence electrons. The maximum Gasteiger partial charge on any atom is 0.280 e. The van der Waals surface area contributed by atoms with E-state index in [1.54, 1.807) is 6.07 Å². The molecule has 2 N–H and O–H groups in total. The predicted molar refractivity (Wildman–Crippen MR) is 102 cm³/mol. The lowest BCUT2D eigenvalue weighted by molar-refractivity contribution is 0.402. The van der Waals surface area contributed by atoms with Crippen LogP contribution in [0.3, 0.4) is 0 Å². The summed E-state index contributed by atoms with van der Waals surface area (Å²) in [6, 6.07) is 14.9. The van der Waals surface area contributed by atoms with Gasteiger partial charge in [-0.25, -0.2) is 0 Å². The Bertz CT molecular complexity index is 1100. The molecule has 0 bridgehead atoms. The normalized spacial score (nSPS) is 11.8. The number of rotatable bonds is 5.